The molecular formula is C15H21N5O4. The van der Waals surface area contributed by atoms with E-state index in [0.717, 1.165) is 16.7 Å². The summed E-state index contributed by atoms with van der Waals surface area (Å²) in [6.45, 7) is 4.63. The topological polar surface area (TPSA) is 103 Å². The molecule has 0 aliphatic carbocycles. The van der Waals surface area contributed by atoms with Crippen LogP contribution in [-0.4, -0.2) is 69.8 Å². The van der Waals surface area contributed by atoms with E-state index in [4.69, 9.17) is 9.47 Å². The van der Waals surface area contributed by atoms with E-state index in [9.17, 15) is 9.90 Å². The summed E-state index contributed by atoms with van der Waals surface area (Å²) in [7, 11) is 3.29. The molecule has 2 aromatic heterocycles. The molecule has 0 amide bonds. The molecule has 2 aromatic rings. The van der Waals surface area contributed by atoms with Crippen molar-refractivity contribution < 1.29 is 19.4 Å². The zero-order valence-corrected chi connectivity index (χ0v) is 14.2. The third-order valence-electron chi connectivity index (χ3n) is 4.20. The van der Waals surface area contributed by atoms with Gasteiger partial charge in [-0.1, -0.05) is 0 Å². The van der Waals surface area contributed by atoms with Crippen molar-refractivity contribution in [3.63, 3.8) is 0 Å². The second-order valence-corrected chi connectivity index (χ2v) is 6.00. The number of hydrogen-bond donors (Lipinski definition) is 1. The number of aromatic nitrogens is 4. The van der Waals surface area contributed by atoms with Gasteiger partial charge in [0.05, 0.1) is 25.5 Å². The van der Waals surface area contributed by atoms with Crippen LogP contribution in [0.2, 0.25) is 0 Å². The number of methoxy groups -OCH3 is 1. The summed E-state index contributed by atoms with van der Waals surface area (Å²) >= 11 is 0. The molecule has 0 aromatic carbocycles. The second-order valence-electron chi connectivity index (χ2n) is 6.00. The monoisotopic (exact) mass is 335 g/mol. The molecular weight excluding hydrogens is 314 g/mol. The summed E-state index contributed by atoms with van der Waals surface area (Å²) < 4.78 is 12.4. The van der Waals surface area contributed by atoms with Gasteiger partial charge in [0.15, 0.2) is 5.82 Å². The van der Waals surface area contributed by atoms with E-state index in [1.165, 1.54) is 7.11 Å². The first-order valence-corrected chi connectivity index (χ1v) is 7.67. The molecule has 0 spiro atoms. The summed E-state index contributed by atoms with van der Waals surface area (Å²) in [5.41, 5.74) is 0.969. The van der Waals surface area contributed by atoms with Crippen molar-refractivity contribution in [1.82, 2.24) is 19.7 Å². The minimum Gasteiger partial charge on any atom is -0.479 e. The lowest BCUT2D eigenvalue weighted by Crippen LogP contribution is -2.59. The first-order valence-electron chi connectivity index (χ1n) is 7.67. The number of fused-ring (bicyclic) bond motifs is 1. The largest absolute Gasteiger partial charge is 0.479 e. The molecule has 1 aliphatic rings. The van der Waals surface area contributed by atoms with Crippen LogP contribution in [0.3, 0.4) is 0 Å². The predicted molar refractivity (Wildman–Crippen MR) is 86.2 cm³/mol. The zero-order chi connectivity index (χ0) is 17.5. The molecule has 0 radical (unpaired) electrons. The minimum atomic E-state index is -1.41. The Hall–Kier alpha value is -2.26. The number of aliphatic carboxylic acids is 1. The minimum absolute atomic E-state index is 0.0313. The molecule has 1 N–H and O–H groups in total. The number of carboxylic acids is 1. The van der Waals surface area contributed by atoms with Gasteiger partial charge in [0.25, 0.3) is 0 Å². The molecule has 1 atom stereocenters. The first kappa shape index (κ1) is 16.6. The smallest absolute Gasteiger partial charge is 0.340 e. The highest BCUT2D eigenvalue weighted by Crippen LogP contribution is 2.29. The van der Waals surface area contributed by atoms with E-state index >= 15 is 0 Å². The molecule has 3 heterocycles. The van der Waals surface area contributed by atoms with Crippen LogP contribution in [0, 0.1) is 13.8 Å². The number of rotatable bonds is 4. The van der Waals surface area contributed by atoms with Crippen LogP contribution >= 0.6 is 0 Å². The average molecular weight is 335 g/mol. The summed E-state index contributed by atoms with van der Waals surface area (Å²) in [5, 5.41) is 14.0. The van der Waals surface area contributed by atoms with Crippen molar-refractivity contribution in [2.75, 3.05) is 38.3 Å². The third kappa shape index (κ3) is 2.59. The summed E-state index contributed by atoms with van der Waals surface area (Å²) in [4.78, 5) is 22.7. The Bertz CT molecular complexity index is 786. The quantitative estimate of drug-likeness (QED) is 0.850. The number of hydrogen-bond acceptors (Lipinski definition) is 7. The van der Waals surface area contributed by atoms with Crippen LogP contribution in [0.1, 0.15) is 11.5 Å². The maximum atomic E-state index is 11.8. The van der Waals surface area contributed by atoms with Gasteiger partial charge in [0.2, 0.25) is 5.60 Å². The van der Waals surface area contributed by atoms with Crippen molar-refractivity contribution in [1.29, 1.82) is 0 Å². The second kappa shape index (κ2) is 5.99. The van der Waals surface area contributed by atoms with E-state index in [1.54, 1.807) is 4.68 Å². The van der Waals surface area contributed by atoms with Gasteiger partial charge in [-0.3, -0.25) is 4.68 Å². The Labute approximate surface area is 139 Å². The van der Waals surface area contributed by atoms with Crippen LogP contribution < -0.4 is 4.90 Å². The number of ether oxygens (including phenoxy) is 2. The highest BCUT2D eigenvalue weighted by molar-refractivity contribution is 5.89. The van der Waals surface area contributed by atoms with Crippen LogP contribution in [0.4, 0.5) is 5.82 Å². The molecule has 1 saturated heterocycles. The number of carboxylic acid groups (broad SMARTS) is 1. The maximum Gasteiger partial charge on any atom is 0.340 e. The number of carbonyl (C=O) groups is 1. The average Bonchev–Trinajstić information content (AvgIpc) is 2.81. The van der Waals surface area contributed by atoms with Crippen molar-refractivity contribution >= 4 is 22.8 Å². The molecule has 0 saturated carbocycles. The fourth-order valence-corrected chi connectivity index (χ4v) is 3.12. The fourth-order valence-electron chi connectivity index (χ4n) is 3.12. The van der Waals surface area contributed by atoms with Gasteiger partial charge in [-0.15, -0.1) is 0 Å². The number of anilines is 1. The SMILES string of the molecule is COCC1(C(=O)O)CN(c2nc(C)nc3c(C)nn(C)c23)CCO1. The lowest BCUT2D eigenvalue weighted by atomic mass is 10.0. The van der Waals surface area contributed by atoms with E-state index in [0.29, 0.717) is 18.2 Å². The Morgan fingerprint density at radius 2 is 2.17 bits per heavy atom. The highest BCUT2D eigenvalue weighted by atomic mass is 16.6. The molecule has 0 bridgehead atoms. The molecule has 130 valence electrons. The van der Waals surface area contributed by atoms with Crippen molar-refractivity contribution in [3.8, 4) is 0 Å². The molecule has 1 fully saturated rings. The van der Waals surface area contributed by atoms with Crippen LogP contribution in [0.25, 0.3) is 11.0 Å². The lowest BCUT2D eigenvalue weighted by Gasteiger charge is -2.40. The zero-order valence-electron chi connectivity index (χ0n) is 14.2. The summed E-state index contributed by atoms with van der Waals surface area (Å²) in [6.07, 6.45) is 0. The van der Waals surface area contributed by atoms with Gasteiger partial charge in [0.1, 0.15) is 16.9 Å². The molecule has 1 aliphatic heterocycles. The number of aryl methyl sites for hydroxylation is 3. The molecule has 9 heteroatoms. The normalized spacial score (nSPS) is 21.4. The Balaban J connectivity index is 2.08. The molecule has 9 nitrogen and oxygen atoms in total. The van der Waals surface area contributed by atoms with Gasteiger partial charge in [0, 0.05) is 20.7 Å². The van der Waals surface area contributed by atoms with Crippen molar-refractivity contribution in [3.05, 3.63) is 11.5 Å². The van der Waals surface area contributed by atoms with E-state index in [1.807, 2.05) is 25.8 Å². The van der Waals surface area contributed by atoms with Crippen molar-refractivity contribution in [2.24, 2.45) is 7.05 Å². The maximum absolute atomic E-state index is 11.8. The van der Waals surface area contributed by atoms with Crippen LogP contribution in [0.15, 0.2) is 0 Å². The van der Waals surface area contributed by atoms with Crippen LogP contribution in [0.5, 0.6) is 0 Å². The predicted octanol–water partition coefficient (Wildman–Crippen LogP) is 0.287. The van der Waals surface area contributed by atoms with Crippen LogP contribution in [-0.2, 0) is 21.3 Å². The number of morpholine rings is 1. The van der Waals surface area contributed by atoms with E-state index in [-0.39, 0.29) is 19.8 Å². The molecule has 1 unspecified atom stereocenters. The van der Waals surface area contributed by atoms with Gasteiger partial charge in [-0.25, -0.2) is 14.8 Å². The van der Waals surface area contributed by atoms with E-state index in [2.05, 4.69) is 15.1 Å². The van der Waals surface area contributed by atoms with E-state index < -0.39 is 11.6 Å². The molecule has 3 rings (SSSR count). The first-order chi connectivity index (χ1) is 11.4. The third-order valence-corrected chi connectivity index (χ3v) is 4.20. The fraction of sp³-hybridized carbons (Fsp3) is 0.600. The summed E-state index contributed by atoms with van der Waals surface area (Å²) in [5.74, 6) is 0.246. The van der Waals surface area contributed by atoms with Gasteiger partial charge < -0.3 is 19.5 Å². The Morgan fingerprint density at radius 3 is 2.83 bits per heavy atom. The van der Waals surface area contributed by atoms with Gasteiger partial charge >= 0.3 is 5.97 Å². The van der Waals surface area contributed by atoms with Gasteiger partial charge in [-0.05, 0) is 13.8 Å². The van der Waals surface area contributed by atoms with Gasteiger partial charge in [-0.2, -0.15) is 5.10 Å². The lowest BCUT2D eigenvalue weighted by molar-refractivity contribution is -0.175. The number of nitrogens with zero attached hydrogens (tertiary/aromatic N) is 5. The molecule has 24 heavy (non-hydrogen) atoms. The Morgan fingerprint density at radius 1 is 1.42 bits per heavy atom. The highest BCUT2D eigenvalue weighted by Gasteiger charge is 2.45. The standard InChI is InChI=1S/C15H21N5O4/c1-9-11-12(19(3)18-9)13(17-10(2)16-11)20-5-6-24-15(7-20,8-23-4)14(21)22/h5-8H2,1-4H3,(H,21,22). The van der Waals surface area contributed by atoms with Crippen molar-refractivity contribution in [2.45, 2.75) is 19.4 Å². The summed E-state index contributed by atoms with van der Waals surface area (Å²) in [6, 6.07) is 0. The Kier molecular flexibility index (Phi) is 4.14.